The van der Waals surface area contributed by atoms with Crippen molar-refractivity contribution in [3.8, 4) is 17.1 Å². The Morgan fingerprint density at radius 3 is 2.55 bits per heavy atom. The average molecular weight is 534 g/mol. The molecule has 38 heavy (non-hydrogen) atoms. The van der Waals surface area contributed by atoms with Gasteiger partial charge in [-0.1, -0.05) is 18.2 Å². The van der Waals surface area contributed by atoms with Gasteiger partial charge in [-0.15, -0.1) is 13.2 Å². The molecule has 198 valence electrons. The number of ether oxygens (including phenoxy) is 1. The number of likely N-dealkylation sites (tertiary alicyclic amines) is 1. The molecule has 0 radical (unpaired) electrons. The van der Waals surface area contributed by atoms with Gasteiger partial charge in [-0.25, -0.2) is 4.98 Å². The van der Waals surface area contributed by atoms with Crippen molar-refractivity contribution in [2.24, 2.45) is 0 Å². The minimum absolute atomic E-state index is 0.000989. The molecule has 1 aliphatic heterocycles. The summed E-state index contributed by atoms with van der Waals surface area (Å²) in [4.78, 5) is 23.3. The Morgan fingerprint density at radius 1 is 1.03 bits per heavy atom. The second-order valence-corrected chi connectivity index (χ2v) is 8.94. The molecule has 4 aromatic rings. The van der Waals surface area contributed by atoms with E-state index in [9.17, 15) is 31.1 Å². The molecule has 0 spiro atoms. The fraction of sp³-hybridized carbons (Fsp3) is 0.269. The van der Waals surface area contributed by atoms with Crippen LogP contribution in [0.3, 0.4) is 0 Å². The molecule has 2 aromatic carbocycles. The normalized spacial score (nSPS) is 16.3. The minimum atomic E-state index is -4.97. The number of imidazole rings is 1. The Bertz CT molecular complexity index is 1470. The summed E-state index contributed by atoms with van der Waals surface area (Å²) in [6, 6.07) is 12.6. The van der Waals surface area contributed by atoms with E-state index in [1.54, 1.807) is 17.3 Å². The van der Waals surface area contributed by atoms with Crippen LogP contribution in [0.4, 0.5) is 26.3 Å². The van der Waals surface area contributed by atoms with E-state index in [4.69, 9.17) is 0 Å². The summed E-state index contributed by atoms with van der Waals surface area (Å²) < 4.78 is 83.2. The topological polar surface area (TPSA) is 60.2 Å². The van der Waals surface area contributed by atoms with Crippen molar-refractivity contribution < 1.29 is 35.9 Å². The first-order valence-corrected chi connectivity index (χ1v) is 11.6. The minimum Gasteiger partial charge on any atom is -0.406 e. The van der Waals surface area contributed by atoms with Crippen LogP contribution in [0, 0.1) is 0 Å². The van der Waals surface area contributed by atoms with E-state index in [1.165, 1.54) is 30.3 Å². The standard InChI is InChI=1S/C26H20F6N4O2/c27-25(28,29)15-36-22-7-6-17(24(37)35-10-8-19(14-35)18-4-2-9-33-13-18)12-21(22)34-23(36)16-3-1-5-20(11-16)38-26(30,31)32/h1-7,9,11-13,19H,8,10,14-15H2. The van der Waals surface area contributed by atoms with Crippen LogP contribution in [-0.4, -0.2) is 51.0 Å². The molecular weight excluding hydrogens is 514 g/mol. The Morgan fingerprint density at radius 2 is 1.84 bits per heavy atom. The van der Waals surface area contributed by atoms with Crippen LogP contribution >= 0.6 is 0 Å². The van der Waals surface area contributed by atoms with Gasteiger partial charge in [0.1, 0.15) is 18.1 Å². The molecule has 0 bridgehead atoms. The first-order valence-electron chi connectivity index (χ1n) is 11.6. The Hall–Kier alpha value is -4.09. The molecule has 2 aromatic heterocycles. The average Bonchev–Trinajstić information content (AvgIpc) is 3.48. The number of nitrogens with zero attached hydrogens (tertiary/aromatic N) is 4. The van der Waals surface area contributed by atoms with E-state index >= 15 is 0 Å². The zero-order valence-electron chi connectivity index (χ0n) is 19.6. The number of alkyl halides is 6. The molecule has 1 unspecified atom stereocenters. The van der Waals surface area contributed by atoms with Crippen molar-refractivity contribution in [1.82, 2.24) is 19.4 Å². The number of carbonyl (C=O) groups excluding carboxylic acids is 1. The van der Waals surface area contributed by atoms with Gasteiger partial charge in [-0.3, -0.25) is 9.78 Å². The van der Waals surface area contributed by atoms with Gasteiger partial charge in [0.2, 0.25) is 0 Å². The maximum atomic E-state index is 13.4. The molecule has 5 rings (SSSR count). The highest BCUT2D eigenvalue weighted by atomic mass is 19.4. The van der Waals surface area contributed by atoms with E-state index in [1.807, 2.05) is 12.1 Å². The lowest BCUT2D eigenvalue weighted by Gasteiger charge is -2.17. The third-order valence-electron chi connectivity index (χ3n) is 6.29. The number of rotatable bonds is 5. The van der Waals surface area contributed by atoms with Crippen LogP contribution in [0.25, 0.3) is 22.4 Å². The van der Waals surface area contributed by atoms with Crippen LogP contribution in [0.15, 0.2) is 67.0 Å². The highest BCUT2D eigenvalue weighted by Crippen LogP contribution is 2.33. The second-order valence-electron chi connectivity index (χ2n) is 8.94. The molecule has 0 aliphatic carbocycles. The van der Waals surface area contributed by atoms with Crippen LogP contribution in [0.1, 0.15) is 28.3 Å². The number of hydrogen-bond acceptors (Lipinski definition) is 4. The first-order chi connectivity index (χ1) is 18.0. The van der Waals surface area contributed by atoms with E-state index in [-0.39, 0.29) is 39.8 Å². The van der Waals surface area contributed by atoms with Gasteiger partial charge in [0.25, 0.3) is 5.91 Å². The monoisotopic (exact) mass is 534 g/mol. The number of carbonyl (C=O) groups is 1. The molecule has 12 heteroatoms. The third-order valence-corrected chi connectivity index (χ3v) is 6.29. The van der Waals surface area contributed by atoms with E-state index in [0.717, 1.165) is 28.7 Å². The van der Waals surface area contributed by atoms with E-state index in [2.05, 4.69) is 14.7 Å². The van der Waals surface area contributed by atoms with Crippen molar-refractivity contribution in [2.45, 2.75) is 31.4 Å². The quantitative estimate of drug-likeness (QED) is 0.287. The summed E-state index contributed by atoms with van der Waals surface area (Å²) in [5, 5.41) is 0. The summed E-state index contributed by atoms with van der Waals surface area (Å²) in [6.45, 7) is -0.437. The molecule has 3 heterocycles. The number of hydrogen-bond donors (Lipinski definition) is 0. The number of amides is 1. The van der Waals surface area contributed by atoms with E-state index in [0.29, 0.717) is 13.1 Å². The van der Waals surface area contributed by atoms with Gasteiger partial charge in [-0.2, -0.15) is 13.2 Å². The largest absolute Gasteiger partial charge is 0.573 e. The predicted octanol–water partition coefficient (Wildman–Crippen LogP) is 6.19. The van der Waals surface area contributed by atoms with Crippen LogP contribution < -0.4 is 4.74 Å². The van der Waals surface area contributed by atoms with Gasteiger partial charge >= 0.3 is 12.5 Å². The van der Waals surface area contributed by atoms with Crippen LogP contribution in [-0.2, 0) is 6.54 Å². The Labute approximate surface area is 212 Å². The van der Waals surface area contributed by atoms with Crippen LogP contribution in [0.5, 0.6) is 5.75 Å². The molecule has 1 atom stereocenters. The highest BCUT2D eigenvalue weighted by Gasteiger charge is 2.33. The molecule has 0 N–H and O–H groups in total. The van der Waals surface area contributed by atoms with Gasteiger partial charge in [0, 0.05) is 42.5 Å². The lowest BCUT2D eigenvalue weighted by Crippen LogP contribution is -2.28. The zero-order chi connectivity index (χ0) is 27.1. The smallest absolute Gasteiger partial charge is 0.406 e. The van der Waals surface area contributed by atoms with Crippen molar-refractivity contribution in [2.75, 3.05) is 13.1 Å². The van der Waals surface area contributed by atoms with E-state index < -0.39 is 24.8 Å². The summed E-state index contributed by atoms with van der Waals surface area (Å²) >= 11 is 0. The summed E-state index contributed by atoms with van der Waals surface area (Å²) in [7, 11) is 0. The van der Waals surface area contributed by atoms with Gasteiger partial charge in [0.05, 0.1) is 11.0 Å². The zero-order valence-corrected chi connectivity index (χ0v) is 19.6. The lowest BCUT2D eigenvalue weighted by atomic mass is 10.0. The summed E-state index contributed by atoms with van der Waals surface area (Å²) in [5.74, 6) is -0.952. The number of aromatic nitrogens is 3. The fourth-order valence-electron chi connectivity index (χ4n) is 4.67. The number of pyridine rings is 1. The Kier molecular flexibility index (Phi) is 6.49. The van der Waals surface area contributed by atoms with Gasteiger partial charge < -0.3 is 14.2 Å². The molecule has 1 aliphatic rings. The Balaban J connectivity index is 1.48. The maximum Gasteiger partial charge on any atom is 0.573 e. The molecule has 0 saturated carbocycles. The maximum absolute atomic E-state index is 13.4. The second kappa shape index (κ2) is 9.66. The number of fused-ring (bicyclic) bond motifs is 1. The first kappa shape index (κ1) is 25.6. The van der Waals surface area contributed by atoms with Gasteiger partial charge in [0.15, 0.2) is 0 Å². The number of halogens is 6. The molecule has 1 saturated heterocycles. The van der Waals surface area contributed by atoms with Gasteiger partial charge in [-0.05, 0) is 48.4 Å². The highest BCUT2D eigenvalue weighted by molar-refractivity contribution is 5.98. The SMILES string of the molecule is O=C(c1ccc2c(c1)nc(-c1cccc(OC(F)(F)F)c1)n2CC(F)(F)F)N1CCC(c2cccnc2)C1. The molecular formula is C26H20F6N4O2. The van der Waals surface area contributed by atoms with Crippen molar-refractivity contribution >= 4 is 16.9 Å². The molecule has 1 fully saturated rings. The van der Waals surface area contributed by atoms with Crippen LogP contribution in [0.2, 0.25) is 0 Å². The van der Waals surface area contributed by atoms with Crippen molar-refractivity contribution in [3.63, 3.8) is 0 Å². The summed E-state index contributed by atoms with van der Waals surface area (Å²) in [5.41, 5.74) is 1.47. The molecule has 6 nitrogen and oxygen atoms in total. The lowest BCUT2D eigenvalue weighted by molar-refractivity contribution is -0.274. The summed E-state index contributed by atoms with van der Waals surface area (Å²) in [6.07, 6.45) is -5.42. The number of benzene rings is 2. The van der Waals surface area contributed by atoms with Crippen molar-refractivity contribution in [1.29, 1.82) is 0 Å². The molecule has 1 amide bonds. The predicted molar refractivity (Wildman–Crippen MR) is 125 cm³/mol. The third kappa shape index (κ3) is 5.58. The van der Waals surface area contributed by atoms with Crippen molar-refractivity contribution in [3.05, 3.63) is 78.1 Å². The fourth-order valence-corrected chi connectivity index (χ4v) is 4.67.